The molecule has 0 saturated carbocycles. The zero-order valence-corrected chi connectivity index (χ0v) is 10.7. The Morgan fingerprint density at radius 1 is 1.22 bits per heavy atom. The maximum atomic E-state index is 4.75. The van der Waals surface area contributed by atoms with E-state index in [2.05, 4.69) is 45.7 Å². The van der Waals surface area contributed by atoms with Crippen LogP contribution in [0.15, 0.2) is 41.8 Å². The van der Waals surface area contributed by atoms with Gasteiger partial charge in [-0.15, -0.1) is 11.3 Å². The smallest absolute Gasteiger partial charge is 0.133 e. The summed E-state index contributed by atoms with van der Waals surface area (Å²) in [6.45, 7) is 1.01. The lowest BCUT2D eigenvalue weighted by Crippen LogP contribution is -2.23. The number of aromatic nitrogens is 2. The maximum absolute atomic E-state index is 4.75. The molecule has 0 amide bonds. The number of thiophene rings is 1. The predicted molar refractivity (Wildman–Crippen MR) is 75.3 cm³/mol. The number of hydrogen-bond donors (Lipinski definition) is 1. The standard InChI is InChI=1S/C14H13N3S/c1-2-5-11-10(4-1)14-15-8-7-12(17(14)16-11)13-6-3-9-18-13/h1-6,9,12,15H,7-8H2. The molecule has 2 aromatic heterocycles. The molecule has 0 saturated heterocycles. The van der Waals surface area contributed by atoms with Crippen LogP contribution in [0.2, 0.25) is 0 Å². The largest absolute Gasteiger partial charge is 0.370 e. The molecule has 1 unspecified atom stereocenters. The summed E-state index contributed by atoms with van der Waals surface area (Å²) in [7, 11) is 0. The molecular weight excluding hydrogens is 242 g/mol. The van der Waals surface area contributed by atoms with Crippen LogP contribution in [0, 0.1) is 0 Å². The minimum atomic E-state index is 0.383. The van der Waals surface area contributed by atoms with Crippen LogP contribution in [0.4, 0.5) is 5.82 Å². The first-order valence-electron chi connectivity index (χ1n) is 6.18. The predicted octanol–water partition coefficient (Wildman–Crippen LogP) is 3.50. The molecule has 3 aromatic rings. The first-order chi connectivity index (χ1) is 8.93. The molecule has 0 fully saturated rings. The van der Waals surface area contributed by atoms with Gasteiger partial charge in [0.25, 0.3) is 0 Å². The number of anilines is 1. The molecule has 18 heavy (non-hydrogen) atoms. The number of benzene rings is 1. The number of rotatable bonds is 1. The third kappa shape index (κ3) is 1.39. The average Bonchev–Trinajstić information content (AvgIpc) is 3.05. The van der Waals surface area contributed by atoms with Crippen molar-refractivity contribution in [2.24, 2.45) is 0 Å². The van der Waals surface area contributed by atoms with E-state index < -0.39 is 0 Å². The molecule has 0 spiro atoms. The summed E-state index contributed by atoms with van der Waals surface area (Å²) in [5.74, 6) is 1.16. The topological polar surface area (TPSA) is 29.9 Å². The Balaban J connectivity index is 1.94. The second kappa shape index (κ2) is 3.85. The van der Waals surface area contributed by atoms with E-state index in [4.69, 9.17) is 5.10 Å². The SMILES string of the molecule is c1csc(C2CCNc3c4ccccc4nn32)c1. The summed E-state index contributed by atoms with van der Waals surface area (Å²) < 4.78 is 2.15. The summed E-state index contributed by atoms with van der Waals surface area (Å²) in [4.78, 5) is 1.39. The molecule has 0 radical (unpaired) electrons. The van der Waals surface area contributed by atoms with Crippen LogP contribution < -0.4 is 5.32 Å². The zero-order valence-electron chi connectivity index (χ0n) is 9.84. The van der Waals surface area contributed by atoms with Crippen molar-refractivity contribution in [3.63, 3.8) is 0 Å². The molecular formula is C14H13N3S. The third-order valence-corrected chi connectivity index (χ3v) is 4.45. The Bertz CT molecular complexity index is 684. The van der Waals surface area contributed by atoms with Crippen LogP contribution in [-0.4, -0.2) is 16.3 Å². The quantitative estimate of drug-likeness (QED) is 0.721. The van der Waals surface area contributed by atoms with Gasteiger partial charge in [-0.1, -0.05) is 18.2 Å². The van der Waals surface area contributed by atoms with Crippen molar-refractivity contribution >= 4 is 28.1 Å². The number of hydrogen-bond acceptors (Lipinski definition) is 3. The lowest BCUT2D eigenvalue weighted by Gasteiger charge is -2.24. The summed E-state index contributed by atoms with van der Waals surface area (Å²) in [6, 6.07) is 13.0. The van der Waals surface area contributed by atoms with Crippen molar-refractivity contribution in [2.75, 3.05) is 11.9 Å². The molecule has 0 aliphatic carbocycles. The van der Waals surface area contributed by atoms with Gasteiger partial charge in [-0.3, -0.25) is 0 Å². The van der Waals surface area contributed by atoms with E-state index in [0.29, 0.717) is 6.04 Å². The van der Waals surface area contributed by atoms with Gasteiger partial charge in [-0.2, -0.15) is 5.10 Å². The molecule has 4 heteroatoms. The van der Waals surface area contributed by atoms with Crippen LogP contribution in [0.1, 0.15) is 17.3 Å². The fourth-order valence-corrected chi connectivity index (χ4v) is 3.49. The Morgan fingerprint density at radius 3 is 3.06 bits per heavy atom. The van der Waals surface area contributed by atoms with Crippen molar-refractivity contribution in [1.82, 2.24) is 9.78 Å². The maximum Gasteiger partial charge on any atom is 0.133 e. The summed E-state index contributed by atoms with van der Waals surface area (Å²) in [5, 5.41) is 11.6. The Labute approximate surface area is 109 Å². The normalized spacial score (nSPS) is 18.6. The molecule has 1 aromatic carbocycles. The van der Waals surface area contributed by atoms with E-state index in [1.54, 1.807) is 0 Å². The van der Waals surface area contributed by atoms with Gasteiger partial charge >= 0.3 is 0 Å². The fraction of sp³-hybridized carbons (Fsp3) is 0.214. The van der Waals surface area contributed by atoms with Crippen LogP contribution in [0.5, 0.6) is 0 Å². The molecule has 1 N–H and O–H groups in total. The fourth-order valence-electron chi connectivity index (χ4n) is 2.65. The van der Waals surface area contributed by atoms with Crippen LogP contribution >= 0.6 is 11.3 Å². The first-order valence-corrected chi connectivity index (χ1v) is 7.06. The lowest BCUT2D eigenvalue weighted by atomic mass is 10.1. The van der Waals surface area contributed by atoms with Crippen LogP contribution in [0.3, 0.4) is 0 Å². The highest BCUT2D eigenvalue weighted by Gasteiger charge is 2.24. The van der Waals surface area contributed by atoms with Gasteiger partial charge in [0.05, 0.1) is 11.6 Å². The molecule has 3 nitrogen and oxygen atoms in total. The van der Waals surface area contributed by atoms with E-state index in [9.17, 15) is 0 Å². The van der Waals surface area contributed by atoms with Crippen molar-refractivity contribution in [3.8, 4) is 0 Å². The molecule has 90 valence electrons. The van der Waals surface area contributed by atoms with Gasteiger partial charge < -0.3 is 5.32 Å². The second-order valence-electron chi connectivity index (χ2n) is 4.56. The Morgan fingerprint density at radius 2 is 2.17 bits per heavy atom. The monoisotopic (exact) mass is 255 g/mol. The van der Waals surface area contributed by atoms with Crippen LogP contribution in [-0.2, 0) is 0 Å². The Kier molecular flexibility index (Phi) is 2.17. The van der Waals surface area contributed by atoms with E-state index in [1.807, 2.05) is 17.4 Å². The van der Waals surface area contributed by atoms with Crippen molar-refractivity contribution in [2.45, 2.75) is 12.5 Å². The van der Waals surface area contributed by atoms with E-state index >= 15 is 0 Å². The highest BCUT2D eigenvalue weighted by Crippen LogP contribution is 2.35. The zero-order chi connectivity index (χ0) is 11.9. The first kappa shape index (κ1) is 10.1. The minimum absolute atomic E-state index is 0.383. The van der Waals surface area contributed by atoms with E-state index in [-0.39, 0.29) is 0 Å². The number of fused-ring (bicyclic) bond motifs is 3. The van der Waals surface area contributed by atoms with E-state index in [1.165, 1.54) is 10.3 Å². The van der Waals surface area contributed by atoms with Gasteiger partial charge in [0.1, 0.15) is 5.82 Å². The second-order valence-corrected chi connectivity index (χ2v) is 5.54. The van der Waals surface area contributed by atoms with Gasteiger partial charge in [0.2, 0.25) is 0 Å². The minimum Gasteiger partial charge on any atom is -0.370 e. The number of nitrogens with one attached hydrogen (secondary N) is 1. The molecule has 3 heterocycles. The summed E-state index contributed by atoms with van der Waals surface area (Å²) in [5.41, 5.74) is 1.07. The van der Waals surface area contributed by atoms with Crippen molar-refractivity contribution < 1.29 is 0 Å². The van der Waals surface area contributed by atoms with Gasteiger partial charge in [0.15, 0.2) is 0 Å². The van der Waals surface area contributed by atoms with Gasteiger partial charge in [0, 0.05) is 16.8 Å². The third-order valence-electron chi connectivity index (χ3n) is 3.48. The molecule has 4 rings (SSSR count). The van der Waals surface area contributed by atoms with Crippen molar-refractivity contribution in [3.05, 3.63) is 46.7 Å². The number of nitrogens with zero attached hydrogens (tertiary/aromatic N) is 2. The average molecular weight is 255 g/mol. The summed E-state index contributed by atoms with van der Waals surface area (Å²) >= 11 is 1.81. The molecule has 0 bridgehead atoms. The summed E-state index contributed by atoms with van der Waals surface area (Å²) in [6.07, 6.45) is 1.10. The lowest BCUT2D eigenvalue weighted by molar-refractivity contribution is 0.492. The van der Waals surface area contributed by atoms with Crippen molar-refractivity contribution in [1.29, 1.82) is 0 Å². The highest BCUT2D eigenvalue weighted by molar-refractivity contribution is 7.10. The molecule has 1 aliphatic rings. The molecule has 1 atom stereocenters. The Hall–Kier alpha value is -1.81. The highest BCUT2D eigenvalue weighted by atomic mass is 32.1. The van der Waals surface area contributed by atoms with Crippen LogP contribution in [0.25, 0.3) is 10.9 Å². The van der Waals surface area contributed by atoms with Gasteiger partial charge in [-0.25, -0.2) is 4.68 Å². The van der Waals surface area contributed by atoms with Gasteiger partial charge in [-0.05, 0) is 30.0 Å². The molecule has 1 aliphatic heterocycles. The van der Waals surface area contributed by atoms with E-state index in [0.717, 1.165) is 24.3 Å².